The number of anilines is 2. The van der Waals surface area contributed by atoms with Crippen LogP contribution in [0.25, 0.3) is 10.9 Å². The van der Waals surface area contributed by atoms with Crippen LogP contribution in [-0.2, 0) is 4.74 Å². The van der Waals surface area contributed by atoms with Gasteiger partial charge in [-0.15, -0.1) is 0 Å². The Bertz CT molecular complexity index is 665. The fourth-order valence-corrected chi connectivity index (χ4v) is 3.26. The Morgan fingerprint density at radius 3 is 2.33 bits per heavy atom. The molecule has 0 atom stereocenters. The van der Waals surface area contributed by atoms with Gasteiger partial charge in [-0.25, -0.2) is 4.98 Å². The summed E-state index contributed by atoms with van der Waals surface area (Å²) in [5.41, 5.74) is 6.30. The third-order valence-electron chi connectivity index (χ3n) is 3.60. The molecule has 21 heavy (non-hydrogen) atoms. The van der Waals surface area contributed by atoms with Crippen LogP contribution in [0.1, 0.15) is 27.7 Å². The molecule has 1 aromatic heterocycles. The highest BCUT2D eigenvalue weighted by atomic mass is 16.5. The first kappa shape index (κ1) is 14.1. The van der Waals surface area contributed by atoms with Crippen molar-refractivity contribution < 1.29 is 4.74 Å². The monoisotopic (exact) mass is 286 g/mol. The van der Waals surface area contributed by atoms with E-state index in [4.69, 9.17) is 10.5 Å². The Morgan fingerprint density at radius 1 is 1.05 bits per heavy atom. The molecule has 0 radical (unpaired) electrons. The fraction of sp³-hybridized carbons (Fsp3) is 0.500. The number of para-hydroxylation sites is 1. The molecular weight excluding hydrogens is 264 g/mol. The molecule has 3 rings (SSSR count). The van der Waals surface area contributed by atoms with Crippen molar-refractivity contribution in [3.05, 3.63) is 24.3 Å². The zero-order valence-corrected chi connectivity index (χ0v) is 13.1. The van der Waals surface area contributed by atoms with Crippen LogP contribution in [0, 0.1) is 0 Å². The zero-order valence-electron chi connectivity index (χ0n) is 13.1. The summed E-state index contributed by atoms with van der Waals surface area (Å²) in [5, 5.41) is 1.03. The molecule has 1 aliphatic heterocycles. The van der Waals surface area contributed by atoms with E-state index in [1.807, 2.05) is 24.3 Å². The van der Waals surface area contributed by atoms with E-state index in [0.29, 0.717) is 5.95 Å². The van der Waals surface area contributed by atoms with E-state index in [1.54, 1.807) is 0 Å². The molecule has 1 saturated heterocycles. The predicted molar refractivity (Wildman–Crippen MR) is 85.4 cm³/mol. The first-order valence-electron chi connectivity index (χ1n) is 7.23. The van der Waals surface area contributed by atoms with Gasteiger partial charge in [-0.05, 0) is 39.8 Å². The number of aromatic nitrogens is 2. The predicted octanol–water partition coefficient (Wildman–Crippen LogP) is 2.61. The molecule has 2 aromatic rings. The minimum Gasteiger partial charge on any atom is -0.368 e. The lowest BCUT2D eigenvalue weighted by molar-refractivity contribution is -0.133. The van der Waals surface area contributed by atoms with Crippen LogP contribution < -0.4 is 10.6 Å². The van der Waals surface area contributed by atoms with Gasteiger partial charge in [-0.1, -0.05) is 12.1 Å². The van der Waals surface area contributed by atoms with E-state index in [1.165, 1.54) is 0 Å². The Labute approximate surface area is 125 Å². The van der Waals surface area contributed by atoms with E-state index >= 15 is 0 Å². The third kappa shape index (κ3) is 2.78. The Morgan fingerprint density at radius 2 is 1.67 bits per heavy atom. The molecular formula is C16H22N4O. The first-order chi connectivity index (χ1) is 9.76. The van der Waals surface area contributed by atoms with Crippen molar-refractivity contribution in [2.75, 3.05) is 23.7 Å². The van der Waals surface area contributed by atoms with Gasteiger partial charge in [-0.3, -0.25) is 0 Å². The number of fused-ring (bicyclic) bond motifs is 1. The van der Waals surface area contributed by atoms with E-state index in [2.05, 4.69) is 42.6 Å². The second-order valence-corrected chi connectivity index (χ2v) is 6.90. The van der Waals surface area contributed by atoms with Gasteiger partial charge in [0, 0.05) is 18.5 Å². The lowest BCUT2D eigenvalue weighted by atomic mass is 9.98. The minimum atomic E-state index is -0.234. The fourth-order valence-electron chi connectivity index (χ4n) is 3.26. The maximum atomic E-state index is 6.14. The number of hydrogen-bond donors (Lipinski definition) is 1. The van der Waals surface area contributed by atoms with Gasteiger partial charge in [0.2, 0.25) is 5.95 Å². The summed E-state index contributed by atoms with van der Waals surface area (Å²) in [6.45, 7) is 9.97. The van der Waals surface area contributed by atoms with Crippen LogP contribution in [0.3, 0.4) is 0 Å². The molecule has 1 fully saturated rings. The van der Waals surface area contributed by atoms with Gasteiger partial charge in [0.25, 0.3) is 0 Å². The molecule has 2 heterocycles. The number of morpholine rings is 1. The molecule has 0 unspecified atom stereocenters. The summed E-state index contributed by atoms with van der Waals surface area (Å²) in [4.78, 5) is 11.1. The van der Waals surface area contributed by atoms with Crippen LogP contribution in [-0.4, -0.2) is 34.3 Å². The molecule has 5 heteroatoms. The largest absolute Gasteiger partial charge is 0.368 e. The summed E-state index contributed by atoms with van der Waals surface area (Å²) in [6.07, 6.45) is 0. The molecule has 0 aliphatic carbocycles. The van der Waals surface area contributed by atoms with Crippen LogP contribution in [0.5, 0.6) is 0 Å². The molecule has 112 valence electrons. The highest BCUT2D eigenvalue weighted by Gasteiger charge is 2.39. The van der Waals surface area contributed by atoms with Crippen molar-refractivity contribution in [3.63, 3.8) is 0 Å². The van der Waals surface area contributed by atoms with Crippen molar-refractivity contribution in [1.29, 1.82) is 0 Å². The van der Waals surface area contributed by atoms with Crippen LogP contribution in [0.4, 0.5) is 11.8 Å². The average molecular weight is 286 g/mol. The van der Waals surface area contributed by atoms with E-state index in [0.717, 1.165) is 29.8 Å². The molecule has 2 N–H and O–H groups in total. The van der Waals surface area contributed by atoms with Gasteiger partial charge < -0.3 is 15.4 Å². The molecule has 0 amide bonds. The Hall–Kier alpha value is -1.88. The van der Waals surface area contributed by atoms with Gasteiger partial charge in [-0.2, -0.15) is 4.98 Å². The molecule has 5 nitrogen and oxygen atoms in total. The second kappa shape index (κ2) is 4.56. The van der Waals surface area contributed by atoms with Crippen molar-refractivity contribution in [1.82, 2.24) is 9.97 Å². The smallest absolute Gasteiger partial charge is 0.222 e. The number of nitrogens with two attached hydrogens (primary N) is 1. The van der Waals surface area contributed by atoms with Gasteiger partial charge in [0.1, 0.15) is 5.82 Å². The van der Waals surface area contributed by atoms with Crippen molar-refractivity contribution in [3.8, 4) is 0 Å². The van der Waals surface area contributed by atoms with E-state index in [9.17, 15) is 0 Å². The lowest BCUT2D eigenvalue weighted by Gasteiger charge is -2.47. The molecule has 1 aromatic carbocycles. The van der Waals surface area contributed by atoms with Crippen molar-refractivity contribution in [2.45, 2.75) is 38.9 Å². The van der Waals surface area contributed by atoms with Gasteiger partial charge in [0.15, 0.2) is 0 Å². The highest BCUT2D eigenvalue weighted by molar-refractivity contribution is 5.90. The maximum absolute atomic E-state index is 6.14. The number of nitrogen functional groups attached to an aromatic ring is 1. The number of benzene rings is 1. The summed E-state index contributed by atoms with van der Waals surface area (Å²) < 4.78 is 6.14. The summed E-state index contributed by atoms with van der Waals surface area (Å²) >= 11 is 0. The SMILES string of the molecule is CC1(C)CN(c2nc(N)nc3ccccc23)CC(C)(C)O1. The van der Waals surface area contributed by atoms with E-state index in [-0.39, 0.29) is 11.2 Å². The van der Waals surface area contributed by atoms with E-state index < -0.39 is 0 Å². The number of ether oxygens (including phenoxy) is 1. The Balaban J connectivity index is 2.11. The third-order valence-corrected chi connectivity index (χ3v) is 3.60. The van der Waals surface area contributed by atoms with Gasteiger partial charge in [0.05, 0.1) is 16.7 Å². The average Bonchev–Trinajstić information content (AvgIpc) is 2.34. The number of hydrogen-bond acceptors (Lipinski definition) is 5. The standard InChI is InChI=1S/C16H22N4O/c1-15(2)9-20(10-16(3,4)21-15)13-11-7-5-6-8-12(11)18-14(17)19-13/h5-8H,9-10H2,1-4H3,(H2,17,18,19). The van der Waals surface area contributed by atoms with Gasteiger partial charge >= 0.3 is 0 Å². The van der Waals surface area contributed by atoms with Crippen LogP contribution in [0.2, 0.25) is 0 Å². The van der Waals surface area contributed by atoms with Crippen molar-refractivity contribution in [2.24, 2.45) is 0 Å². The second-order valence-electron chi connectivity index (χ2n) is 6.90. The number of rotatable bonds is 1. The van der Waals surface area contributed by atoms with Crippen LogP contribution >= 0.6 is 0 Å². The first-order valence-corrected chi connectivity index (χ1v) is 7.23. The highest BCUT2D eigenvalue weighted by Crippen LogP contribution is 2.33. The molecule has 0 saturated carbocycles. The normalized spacial score (nSPS) is 20.7. The number of nitrogens with zero attached hydrogens (tertiary/aromatic N) is 3. The molecule has 0 spiro atoms. The minimum absolute atomic E-state index is 0.234. The summed E-state index contributed by atoms with van der Waals surface area (Å²) in [5.74, 6) is 1.20. The lowest BCUT2D eigenvalue weighted by Crippen LogP contribution is -2.57. The van der Waals surface area contributed by atoms with Crippen molar-refractivity contribution >= 4 is 22.7 Å². The van der Waals surface area contributed by atoms with Crippen LogP contribution in [0.15, 0.2) is 24.3 Å². The molecule has 1 aliphatic rings. The summed E-state index contributed by atoms with van der Waals surface area (Å²) in [6, 6.07) is 7.97. The maximum Gasteiger partial charge on any atom is 0.222 e. The zero-order chi connectivity index (χ0) is 15.3. The quantitative estimate of drug-likeness (QED) is 0.873. The summed E-state index contributed by atoms with van der Waals surface area (Å²) in [7, 11) is 0. The molecule has 0 bridgehead atoms. The Kier molecular flexibility index (Phi) is 3.06. The topological polar surface area (TPSA) is 64.3 Å².